The normalized spacial score (nSPS) is 10.6. The van der Waals surface area contributed by atoms with E-state index in [-0.39, 0.29) is 17.3 Å². The van der Waals surface area contributed by atoms with Crippen molar-refractivity contribution in [2.24, 2.45) is 0 Å². The van der Waals surface area contributed by atoms with Gasteiger partial charge in [0, 0.05) is 24.0 Å². The Morgan fingerprint density at radius 3 is 2.77 bits per heavy atom. The fourth-order valence-electron chi connectivity index (χ4n) is 2.41. The number of Topliss-reactive ketones (excluding diaryl/α,β-unsaturated/α-hetero) is 1. The van der Waals surface area contributed by atoms with Gasteiger partial charge in [-0.2, -0.15) is 0 Å². The summed E-state index contributed by atoms with van der Waals surface area (Å²) in [5.41, 5.74) is 1.18. The van der Waals surface area contributed by atoms with E-state index >= 15 is 0 Å². The molecule has 0 bridgehead atoms. The van der Waals surface area contributed by atoms with Gasteiger partial charge in [0.15, 0.2) is 22.5 Å². The molecule has 0 aliphatic carbocycles. The van der Waals surface area contributed by atoms with E-state index in [0.717, 1.165) is 11.4 Å². The minimum absolute atomic E-state index is 0.114. The van der Waals surface area contributed by atoms with Gasteiger partial charge in [0.2, 0.25) is 0 Å². The van der Waals surface area contributed by atoms with Crippen molar-refractivity contribution < 1.29 is 18.7 Å². The molecule has 0 N–H and O–H groups in total. The number of ether oxygens (including phenoxy) is 2. The largest absolute Gasteiger partial charge is 0.497 e. The zero-order valence-electron chi connectivity index (χ0n) is 14.3. The third-order valence-corrected chi connectivity index (χ3v) is 4.71. The number of hydrogen-bond acceptors (Lipinski definition) is 5. The van der Waals surface area contributed by atoms with Gasteiger partial charge in [-0.25, -0.2) is 9.37 Å². The summed E-state index contributed by atoms with van der Waals surface area (Å²) in [4.78, 5) is 16.7. The van der Waals surface area contributed by atoms with Crippen LogP contribution in [0.15, 0.2) is 60.0 Å². The number of thioether (sulfide) groups is 1. The SMILES string of the molecule is COc1cccc(-n2ccnc2SCC(=O)c2ccc(OC)c(F)c2)c1. The molecule has 2 aromatic carbocycles. The predicted octanol–water partition coefficient (Wildman–Crippen LogP) is 4.00. The average molecular weight is 372 g/mol. The first-order chi connectivity index (χ1) is 12.6. The summed E-state index contributed by atoms with van der Waals surface area (Å²) in [5.74, 6) is 0.255. The second-order valence-corrected chi connectivity index (χ2v) is 6.28. The lowest BCUT2D eigenvalue weighted by atomic mass is 10.1. The molecule has 1 aromatic heterocycles. The maximum Gasteiger partial charge on any atom is 0.173 e. The van der Waals surface area contributed by atoms with Crippen molar-refractivity contribution >= 4 is 17.5 Å². The lowest BCUT2D eigenvalue weighted by Crippen LogP contribution is -2.05. The van der Waals surface area contributed by atoms with Gasteiger partial charge in [0.25, 0.3) is 0 Å². The van der Waals surface area contributed by atoms with Crippen LogP contribution in [0.4, 0.5) is 4.39 Å². The van der Waals surface area contributed by atoms with Crippen LogP contribution in [0, 0.1) is 5.82 Å². The van der Waals surface area contributed by atoms with E-state index in [9.17, 15) is 9.18 Å². The van der Waals surface area contributed by atoms with Crippen LogP contribution in [0.2, 0.25) is 0 Å². The molecular weight excluding hydrogens is 355 g/mol. The Labute approximate surface area is 154 Å². The monoisotopic (exact) mass is 372 g/mol. The molecule has 26 heavy (non-hydrogen) atoms. The first kappa shape index (κ1) is 18.0. The maximum atomic E-state index is 13.8. The van der Waals surface area contributed by atoms with Gasteiger partial charge in [0.05, 0.1) is 25.7 Å². The van der Waals surface area contributed by atoms with Crippen molar-refractivity contribution in [2.45, 2.75) is 5.16 Å². The van der Waals surface area contributed by atoms with Crippen molar-refractivity contribution in [3.8, 4) is 17.2 Å². The zero-order valence-corrected chi connectivity index (χ0v) is 15.1. The number of carbonyl (C=O) groups excluding carboxylic acids is 1. The van der Waals surface area contributed by atoms with E-state index in [4.69, 9.17) is 9.47 Å². The van der Waals surface area contributed by atoms with E-state index in [2.05, 4.69) is 4.98 Å². The molecule has 0 amide bonds. The summed E-state index contributed by atoms with van der Waals surface area (Å²) >= 11 is 1.29. The highest BCUT2D eigenvalue weighted by molar-refractivity contribution is 7.99. The molecule has 0 fully saturated rings. The van der Waals surface area contributed by atoms with Crippen molar-refractivity contribution in [3.63, 3.8) is 0 Å². The molecule has 3 aromatic rings. The maximum absolute atomic E-state index is 13.8. The highest BCUT2D eigenvalue weighted by atomic mass is 32.2. The van der Waals surface area contributed by atoms with Crippen LogP contribution in [-0.4, -0.2) is 35.3 Å². The molecule has 0 spiro atoms. The summed E-state index contributed by atoms with van der Waals surface area (Å²) in [6.45, 7) is 0. The van der Waals surface area contributed by atoms with Crippen LogP contribution < -0.4 is 9.47 Å². The van der Waals surface area contributed by atoms with E-state index in [0.29, 0.717) is 10.7 Å². The molecule has 0 saturated heterocycles. The summed E-state index contributed by atoms with van der Waals surface area (Å²) in [6.07, 6.45) is 3.48. The van der Waals surface area contributed by atoms with Crippen LogP contribution in [0.5, 0.6) is 11.5 Å². The molecule has 0 aliphatic rings. The summed E-state index contributed by atoms with van der Waals surface area (Å²) in [6, 6.07) is 11.7. The van der Waals surface area contributed by atoms with Gasteiger partial charge >= 0.3 is 0 Å². The number of rotatable bonds is 7. The molecule has 0 atom stereocenters. The van der Waals surface area contributed by atoms with Crippen molar-refractivity contribution in [2.75, 3.05) is 20.0 Å². The third-order valence-electron chi connectivity index (χ3n) is 3.74. The average Bonchev–Trinajstić information content (AvgIpc) is 3.14. The second-order valence-electron chi connectivity index (χ2n) is 5.34. The molecular formula is C19H17FN2O3S. The number of carbonyl (C=O) groups is 1. The van der Waals surface area contributed by atoms with Gasteiger partial charge in [-0.15, -0.1) is 0 Å². The molecule has 0 aliphatic heterocycles. The van der Waals surface area contributed by atoms with Gasteiger partial charge < -0.3 is 9.47 Å². The number of imidazole rings is 1. The van der Waals surface area contributed by atoms with E-state index < -0.39 is 5.82 Å². The van der Waals surface area contributed by atoms with Crippen molar-refractivity contribution in [3.05, 3.63) is 66.2 Å². The second kappa shape index (κ2) is 8.05. The Morgan fingerprint density at radius 2 is 2.04 bits per heavy atom. The topological polar surface area (TPSA) is 53.4 Å². The number of methoxy groups -OCH3 is 2. The third kappa shape index (κ3) is 3.88. The minimum Gasteiger partial charge on any atom is -0.497 e. The fraction of sp³-hybridized carbons (Fsp3) is 0.158. The lowest BCUT2D eigenvalue weighted by Gasteiger charge is -2.09. The van der Waals surface area contributed by atoms with E-state index in [1.807, 2.05) is 35.0 Å². The summed E-state index contributed by atoms with van der Waals surface area (Å²) in [5, 5.41) is 0.667. The quantitative estimate of drug-likeness (QED) is 0.463. The molecule has 0 saturated carbocycles. The number of nitrogens with zero attached hydrogens (tertiary/aromatic N) is 2. The van der Waals surface area contributed by atoms with Crippen molar-refractivity contribution in [1.82, 2.24) is 9.55 Å². The van der Waals surface area contributed by atoms with Gasteiger partial charge in [0.1, 0.15) is 5.75 Å². The van der Waals surface area contributed by atoms with Crippen LogP contribution in [0.1, 0.15) is 10.4 Å². The Kier molecular flexibility index (Phi) is 5.58. The number of benzene rings is 2. The van der Waals surface area contributed by atoms with Crippen LogP contribution in [0.25, 0.3) is 5.69 Å². The number of aromatic nitrogens is 2. The Morgan fingerprint density at radius 1 is 1.19 bits per heavy atom. The number of ketones is 1. The van der Waals surface area contributed by atoms with Gasteiger partial charge in [-0.1, -0.05) is 17.8 Å². The van der Waals surface area contributed by atoms with Crippen LogP contribution in [-0.2, 0) is 0 Å². The Bertz CT molecular complexity index is 927. The summed E-state index contributed by atoms with van der Waals surface area (Å²) in [7, 11) is 2.99. The Balaban J connectivity index is 1.73. The summed E-state index contributed by atoms with van der Waals surface area (Å²) < 4.78 is 25.7. The highest BCUT2D eigenvalue weighted by Gasteiger charge is 2.13. The molecule has 7 heteroatoms. The molecule has 1 heterocycles. The van der Waals surface area contributed by atoms with Crippen molar-refractivity contribution in [1.29, 1.82) is 0 Å². The minimum atomic E-state index is -0.554. The van der Waals surface area contributed by atoms with E-state index in [1.54, 1.807) is 19.4 Å². The first-order valence-electron chi connectivity index (χ1n) is 7.79. The highest BCUT2D eigenvalue weighted by Crippen LogP contribution is 2.25. The Hall–Kier alpha value is -2.80. The van der Waals surface area contributed by atoms with Gasteiger partial charge in [-0.3, -0.25) is 9.36 Å². The van der Waals surface area contributed by atoms with Crippen LogP contribution >= 0.6 is 11.8 Å². The van der Waals surface area contributed by atoms with Gasteiger partial charge in [-0.05, 0) is 30.3 Å². The molecule has 5 nitrogen and oxygen atoms in total. The molecule has 3 rings (SSSR count). The number of hydrogen-bond donors (Lipinski definition) is 0. The molecule has 0 unspecified atom stereocenters. The fourth-order valence-corrected chi connectivity index (χ4v) is 3.27. The smallest absolute Gasteiger partial charge is 0.173 e. The standard InChI is InChI=1S/C19H17FN2O3S/c1-24-15-5-3-4-14(11-15)22-9-8-21-19(22)26-12-17(23)13-6-7-18(25-2)16(20)10-13/h3-11H,12H2,1-2H3. The zero-order chi connectivity index (χ0) is 18.5. The molecule has 0 radical (unpaired) electrons. The van der Waals surface area contributed by atoms with E-state index in [1.165, 1.54) is 31.0 Å². The number of halogens is 1. The van der Waals surface area contributed by atoms with Crippen LogP contribution in [0.3, 0.4) is 0 Å². The predicted molar refractivity (Wildman–Crippen MR) is 98.1 cm³/mol. The first-order valence-corrected chi connectivity index (χ1v) is 8.78. The lowest BCUT2D eigenvalue weighted by molar-refractivity contribution is 0.102. The molecule has 134 valence electrons.